The third-order valence-corrected chi connectivity index (χ3v) is 4.35. The Morgan fingerprint density at radius 3 is 2.78 bits per heavy atom. The molecule has 2 heterocycles. The number of ether oxygens (including phenoxy) is 1. The van der Waals surface area contributed by atoms with Crippen molar-refractivity contribution >= 4 is 11.7 Å². The van der Waals surface area contributed by atoms with Crippen LogP contribution in [0, 0.1) is 0 Å². The number of nitrogens with zero attached hydrogens (tertiary/aromatic N) is 3. The molecule has 27 heavy (non-hydrogen) atoms. The number of benzene rings is 1. The van der Waals surface area contributed by atoms with Gasteiger partial charge in [0.15, 0.2) is 0 Å². The van der Waals surface area contributed by atoms with Crippen LogP contribution in [0.4, 0.5) is 19.3 Å². The number of hydrogen-bond acceptors (Lipinski definition) is 4. The Balaban J connectivity index is 1.57. The van der Waals surface area contributed by atoms with E-state index in [9.17, 15) is 13.6 Å². The zero-order valence-corrected chi connectivity index (χ0v) is 14.9. The summed E-state index contributed by atoms with van der Waals surface area (Å²) in [5.41, 5.74) is 1.37. The molecule has 1 aliphatic heterocycles. The molecule has 0 unspecified atom stereocenters. The lowest BCUT2D eigenvalue weighted by Crippen LogP contribution is -2.38. The normalized spacial score (nSPS) is 15.4. The predicted molar refractivity (Wildman–Crippen MR) is 97.8 cm³/mol. The summed E-state index contributed by atoms with van der Waals surface area (Å²) < 4.78 is 29.5. The Hall–Kier alpha value is -2.74. The highest BCUT2D eigenvalue weighted by Gasteiger charge is 2.20. The van der Waals surface area contributed by atoms with E-state index in [-0.39, 0.29) is 17.5 Å². The van der Waals surface area contributed by atoms with Crippen LogP contribution in [-0.2, 0) is 6.54 Å². The third-order valence-electron chi connectivity index (χ3n) is 4.35. The summed E-state index contributed by atoms with van der Waals surface area (Å²) in [5, 5.41) is 2.68. The Morgan fingerprint density at radius 1 is 1.15 bits per heavy atom. The van der Waals surface area contributed by atoms with E-state index in [1.54, 1.807) is 29.3 Å². The van der Waals surface area contributed by atoms with Gasteiger partial charge in [-0.1, -0.05) is 18.2 Å². The predicted octanol–water partition coefficient (Wildman–Crippen LogP) is 3.42. The topological polar surface area (TPSA) is 57.7 Å². The summed E-state index contributed by atoms with van der Waals surface area (Å²) in [5.74, 6) is -0.0473. The molecule has 3 rings (SSSR count). The summed E-state index contributed by atoms with van der Waals surface area (Å²) >= 11 is 0. The average molecular weight is 376 g/mol. The summed E-state index contributed by atoms with van der Waals surface area (Å²) in [4.78, 5) is 20.7. The summed E-state index contributed by atoms with van der Waals surface area (Å²) in [7, 11) is 0. The van der Waals surface area contributed by atoms with Gasteiger partial charge in [0.2, 0.25) is 0 Å². The Kier molecular flexibility index (Phi) is 6.54. The van der Waals surface area contributed by atoms with Gasteiger partial charge < -0.3 is 15.0 Å². The van der Waals surface area contributed by atoms with Gasteiger partial charge in [0.05, 0.1) is 5.69 Å². The van der Waals surface area contributed by atoms with E-state index in [4.69, 9.17) is 0 Å². The molecule has 0 bridgehead atoms. The zero-order chi connectivity index (χ0) is 19.1. The van der Waals surface area contributed by atoms with Crippen molar-refractivity contribution in [3.63, 3.8) is 0 Å². The van der Waals surface area contributed by atoms with Gasteiger partial charge in [-0.2, -0.15) is 8.78 Å². The highest BCUT2D eigenvalue weighted by molar-refractivity contribution is 5.91. The number of pyridine rings is 1. The monoisotopic (exact) mass is 376 g/mol. The molecule has 8 heteroatoms. The van der Waals surface area contributed by atoms with Gasteiger partial charge >= 0.3 is 12.6 Å². The Morgan fingerprint density at radius 2 is 2.00 bits per heavy atom. The lowest BCUT2D eigenvalue weighted by atomic mass is 10.2. The fraction of sp³-hybridized carbons (Fsp3) is 0.368. The van der Waals surface area contributed by atoms with Crippen molar-refractivity contribution in [2.24, 2.45) is 0 Å². The van der Waals surface area contributed by atoms with Crippen LogP contribution in [0.3, 0.4) is 0 Å². The number of halogens is 2. The molecule has 0 spiro atoms. The van der Waals surface area contributed by atoms with Crippen LogP contribution < -0.4 is 10.1 Å². The number of nitrogens with one attached hydrogen (secondary N) is 1. The van der Waals surface area contributed by atoms with Crippen LogP contribution in [0.1, 0.15) is 12.0 Å². The number of anilines is 1. The number of aromatic nitrogens is 1. The highest BCUT2D eigenvalue weighted by Crippen LogP contribution is 2.26. The van der Waals surface area contributed by atoms with E-state index in [0.717, 1.165) is 31.6 Å². The van der Waals surface area contributed by atoms with Crippen LogP contribution >= 0.6 is 0 Å². The quantitative estimate of drug-likeness (QED) is 0.869. The number of para-hydroxylation sites is 2. The molecule has 1 fully saturated rings. The number of carbonyl (C=O) groups is 1. The Bertz CT molecular complexity index is 745. The zero-order valence-electron chi connectivity index (χ0n) is 14.9. The minimum absolute atomic E-state index is 0.0473. The molecule has 1 aromatic heterocycles. The maximum atomic E-state index is 12.6. The smallest absolute Gasteiger partial charge is 0.387 e. The largest absolute Gasteiger partial charge is 0.433 e. The number of amides is 2. The second-order valence-electron chi connectivity index (χ2n) is 6.28. The third kappa shape index (κ3) is 5.62. The molecular weight excluding hydrogens is 354 g/mol. The summed E-state index contributed by atoms with van der Waals surface area (Å²) in [6.07, 6.45) is 4.42. The average Bonchev–Trinajstić information content (AvgIpc) is 2.89. The molecule has 2 aromatic rings. The SMILES string of the molecule is O=C(Nc1ccccc1OC(F)F)N1CCCN(Cc2cccnc2)CC1. The van der Waals surface area contributed by atoms with E-state index in [2.05, 4.69) is 19.9 Å². The van der Waals surface area contributed by atoms with Crippen LogP contribution in [0.5, 0.6) is 5.75 Å². The van der Waals surface area contributed by atoms with Gasteiger partial charge in [-0.25, -0.2) is 4.79 Å². The van der Waals surface area contributed by atoms with Gasteiger partial charge in [-0.05, 0) is 30.2 Å². The van der Waals surface area contributed by atoms with Crippen LogP contribution in [-0.4, -0.2) is 53.6 Å². The van der Waals surface area contributed by atoms with Crippen molar-refractivity contribution in [1.29, 1.82) is 0 Å². The molecule has 144 valence electrons. The van der Waals surface area contributed by atoms with Crippen molar-refractivity contribution < 1.29 is 18.3 Å². The van der Waals surface area contributed by atoms with Gasteiger partial charge in [0.1, 0.15) is 5.75 Å². The fourth-order valence-corrected chi connectivity index (χ4v) is 3.04. The molecule has 0 radical (unpaired) electrons. The minimum atomic E-state index is -2.94. The maximum absolute atomic E-state index is 12.6. The lowest BCUT2D eigenvalue weighted by Gasteiger charge is -2.23. The molecule has 2 amide bonds. The molecule has 0 saturated carbocycles. The highest BCUT2D eigenvalue weighted by atomic mass is 19.3. The first-order valence-electron chi connectivity index (χ1n) is 8.83. The first-order chi connectivity index (χ1) is 13.1. The second kappa shape index (κ2) is 9.27. The van der Waals surface area contributed by atoms with Crippen molar-refractivity contribution in [3.8, 4) is 5.75 Å². The van der Waals surface area contributed by atoms with Crippen LogP contribution in [0.15, 0.2) is 48.8 Å². The molecule has 0 aliphatic carbocycles. The lowest BCUT2D eigenvalue weighted by molar-refractivity contribution is -0.0493. The second-order valence-corrected chi connectivity index (χ2v) is 6.28. The molecular formula is C19H22F2N4O2. The number of urea groups is 1. The standard InChI is InChI=1S/C19H22F2N4O2/c20-18(21)27-17-7-2-1-6-16(17)23-19(26)25-10-4-9-24(11-12-25)14-15-5-3-8-22-13-15/h1-3,5-8,13,18H,4,9-12,14H2,(H,23,26). The van der Waals surface area contributed by atoms with E-state index in [1.165, 1.54) is 6.07 Å². The molecule has 6 nitrogen and oxygen atoms in total. The first-order valence-corrected chi connectivity index (χ1v) is 8.83. The minimum Gasteiger partial charge on any atom is -0.433 e. The number of rotatable bonds is 5. The van der Waals surface area contributed by atoms with Crippen LogP contribution in [0.25, 0.3) is 0 Å². The molecule has 1 aromatic carbocycles. The molecule has 0 atom stereocenters. The van der Waals surface area contributed by atoms with Gasteiger partial charge in [0.25, 0.3) is 0 Å². The van der Waals surface area contributed by atoms with Crippen molar-refractivity contribution in [2.45, 2.75) is 19.6 Å². The number of hydrogen-bond donors (Lipinski definition) is 1. The number of carbonyl (C=O) groups excluding carboxylic acids is 1. The van der Waals surface area contributed by atoms with Crippen LogP contribution in [0.2, 0.25) is 0 Å². The van der Waals surface area contributed by atoms with E-state index in [0.29, 0.717) is 13.1 Å². The first kappa shape index (κ1) is 19.0. The van der Waals surface area contributed by atoms with Gasteiger partial charge in [0, 0.05) is 45.1 Å². The summed E-state index contributed by atoms with van der Waals surface area (Å²) in [6, 6.07) is 9.81. The van der Waals surface area contributed by atoms with E-state index >= 15 is 0 Å². The summed E-state index contributed by atoms with van der Waals surface area (Å²) in [6.45, 7) is 0.620. The number of alkyl halides is 2. The van der Waals surface area contributed by atoms with Crippen molar-refractivity contribution in [3.05, 3.63) is 54.4 Å². The van der Waals surface area contributed by atoms with Gasteiger partial charge in [-0.15, -0.1) is 0 Å². The fourth-order valence-electron chi connectivity index (χ4n) is 3.04. The van der Waals surface area contributed by atoms with Crippen molar-refractivity contribution in [1.82, 2.24) is 14.8 Å². The van der Waals surface area contributed by atoms with E-state index in [1.807, 2.05) is 18.3 Å². The van der Waals surface area contributed by atoms with E-state index < -0.39 is 6.61 Å². The Labute approximate surface area is 156 Å². The molecule has 1 N–H and O–H groups in total. The maximum Gasteiger partial charge on any atom is 0.387 e. The molecule has 1 aliphatic rings. The van der Waals surface area contributed by atoms with Gasteiger partial charge in [-0.3, -0.25) is 9.88 Å². The molecule has 1 saturated heterocycles. The van der Waals surface area contributed by atoms with Crippen molar-refractivity contribution in [2.75, 3.05) is 31.5 Å².